The van der Waals surface area contributed by atoms with Crippen molar-refractivity contribution < 1.29 is 14.3 Å². The summed E-state index contributed by atoms with van der Waals surface area (Å²) in [5, 5.41) is 10.6. The molecule has 1 aromatic carbocycles. The standard InChI is InChI=1S/C23H27N5O3/c1-3-28-21(15-19(27-28)18-10-12-24-13-11-18)26-23(30)20(25-16-22(29)31-4-2)14-17-8-6-5-7-9-17/h5-13,15,20,25H,3-4,14,16H2,1-2H3,(H,26,30)/t20-/m0/s1. The van der Waals surface area contributed by atoms with Gasteiger partial charge < -0.3 is 10.1 Å². The topological polar surface area (TPSA) is 98.1 Å². The minimum absolute atomic E-state index is 0.0476. The van der Waals surface area contributed by atoms with E-state index < -0.39 is 12.0 Å². The largest absolute Gasteiger partial charge is 0.465 e. The third-order valence-corrected chi connectivity index (χ3v) is 4.70. The summed E-state index contributed by atoms with van der Waals surface area (Å²) < 4.78 is 6.71. The van der Waals surface area contributed by atoms with Gasteiger partial charge in [0.2, 0.25) is 5.91 Å². The summed E-state index contributed by atoms with van der Waals surface area (Å²) in [6, 6.07) is 14.6. The number of aryl methyl sites for hydroxylation is 1. The zero-order valence-corrected chi connectivity index (χ0v) is 17.7. The first-order chi connectivity index (χ1) is 15.1. The molecule has 1 atom stereocenters. The van der Waals surface area contributed by atoms with Gasteiger partial charge in [-0.3, -0.25) is 19.9 Å². The minimum atomic E-state index is -0.614. The lowest BCUT2D eigenvalue weighted by Gasteiger charge is -2.18. The number of hydrogen-bond donors (Lipinski definition) is 2. The van der Waals surface area contributed by atoms with Crippen LogP contribution in [0, 0.1) is 0 Å². The summed E-state index contributed by atoms with van der Waals surface area (Å²) in [5.74, 6) is -0.0497. The highest BCUT2D eigenvalue weighted by Gasteiger charge is 2.22. The van der Waals surface area contributed by atoms with Crippen LogP contribution >= 0.6 is 0 Å². The molecule has 2 aromatic heterocycles. The Bertz CT molecular complexity index is 989. The number of esters is 1. The number of benzene rings is 1. The van der Waals surface area contributed by atoms with Crippen LogP contribution in [0.4, 0.5) is 5.82 Å². The fourth-order valence-corrected chi connectivity index (χ4v) is 3.16. The molecule has 3 aromatic rings. The van der Waals surface area contributed by atoms with E-state index in [0.717, 1.165) is 16.8 Å². The first-order valence-corrected chi connectivity index (χ1v) is 10.3. The lowest BCUT2D eigenvalue weighted by molar-refractivity contribution is -0.142. The zero-order chi connectivity index (χ0) is 22.1. The van der Waals surface area contributed by atoms with Gasteiger partial charge in [-0.2, -0.15) is 5.10 Å². The van der Waals surface area contributed by atoms with E-state index in [0.29, 0.717) is 25.4 Å². The van der Waals surface area contributed by atoms with E-state index in [4.69, 9.17) is 4.74 Å². The fourth-order valence-electron chi connectivity index (χ4n) is 3.16. The highest BCUT2D eigenvalue weighted by Crippen LogP contribution is 2.21. The molecule has 0 aliphatic carbocycles. The zero-order valence-electron chi connectivity index (χ0n) is 17.7. The SMILES string of the molecule is CCOC(=O)CN[C@@H](Cc1ccccc1)C(=O)Nc1cc(-c2ccncc2)nn1CC. The van der Waals surface area contributed by atoms with Gasteiger partial charge in [-0.25, -0.2) is 4.68 Å². The Labute approximate surface area is 181 Å². The van der Waals surface area contributed by atoms with E-state index in [-0.39, 0.29) is 12.5 Å². The molecular formula is C23H27N5O3. The van der Waals surface area contributed by atoms with Crippen molar-refractivity contribution in [2.24, 2.45) is 0 Å². The average molecular weight is 422 g/mol. The number of carbonyl (C=O) groups excluding carboxylic acids is 2. The van der Waals surface area contributed by atoms with Gasteiger partial charge in [0.25, 0.3) is 0 Å². The van der Waals surface area contributed by atoms with E-state index in [1.807, 2.05) is 55.5 Å². The Morgan fingerprint density at radius 1 is 1.10 bits per heavy atom. The van der Waals surface area contributed by atoms with Crippen molar-refractivity contribution >= 4 is 17.7 Å². The van der Waals surface area contributed by atoms with Crippen molar-refractivity contribution in [3.8, 4) is 11.3 Å². The van der Waals surface area contributed by atoms with E-state index in [1.54, 1.807) is 24.0 Å². The van der Waals surface area contributed by atoms with Gasteiger partial charge in [0.1, 0.15) is 5.82 Å². The van der Waals surface area contributed by atoms with Gasteiger partial charge in [0.15, 0.2) is 0 Å². The predicted molar refractivity (Wildman–Crippen MR) is 118 cm³/mol. The maximum Gasteiger partial charge on any atom is 0.319 e. The number of aromatic nitrogens is 3. The van der Waals surface area contributed by atoms with E-state index in [9.17, 15) is 9.59 Å². The third-order valence-electron chi connectivity index (χ3n) is 4.70. The van der Waals surface area contributed by atoms with Crippen molar-refractivity contribution in [3.63, 3.8) is 0 Å². The maximum absolute atomic E-state index is 13.1. The second-order valence-electron chi connectivity index (χ2n) is 6.88. The van der Waals surface area contributed by atoms with Crippen molar-refractivity contribution in [2.75, 3.05) is 18.5 Å². The number of rotatable bonds is 10. The van der Waals surface area contributed by atoms with Gasteiger partial charge in [-0.1, -0.05) is 30.3 Å². The molecule has 8 nitrogen and oxygen atoms in total. The molecule has 3 rings (SSSR count). The van der Waals surface area contributed by atoms with Crippen molar-refractivity contribution in [3.05, 3.63) is 66.5 Å². The summed E-state index contributed by atoms with van der Waals surface area (Å²) in [4.78, 5) is 29.0. The van der Waals surface area contributed by atoms with Crippen LogP contribution in [0.1, 0.15) is 19.4 Å². The lowest BCUT2D eigenvalue weighted by atomic mass is 10.1. The number of nitrogens with zero attached hydrogens (tertiary/aromatic N) is 3. The van der Waals surface area contributed by atoms with Crippen LogP contribution in [0.2, 0.25) is 0 Å². The number of ether oxygens (including phenoxy) is 1. The highest BCUT2D eigenvalue weighted by molar-refractivity contribution is 5.95. The molecule has 0 saturated carbocycles. The van der Waals surface area contributed by atoms with Crippen LogP contribution in [0.5, 0.6) is 0 Å². The van der Waals surface area contributed by atoms with Crippen LogP contribution in [0.3, 0.4) is 0 Å². The summed E-state index contributed by atoms with van der Waals surface area (Å²) in [6.45, 7) is 4.55. The van der Waals surface area contributed by atoms with Gasteiger partial charge in [-0.05, 0) is 38.0 Å². The number of hydrogen-bond acceptors (Lipinski definition) is 6. The molecule has 0 radical (unpaired) electrons. The number of nitrogens with one attached hydrogen (secondary N) is 2. The number of anilines is 1. The molecule has 0 spiro atoms. The number of amides is 1. The van der Waals surface area contributed by atoms with Crippen LogP contribution in [-0.4, -0.2) is 45.8 Å². The van der Waals surface area contributed by atoms with Crippen LogP contribution < -0.4 is 10.6 Å². The summed E-state index contributed by atoms with van der Waals surface area (Å²) in [5.41, 5.74) is 2.65. The first kappa shape index (κ1) is 22.2. The highest BCUT2D eigenvalue weighted by atomic mass is 16.5. The molecule has 0 bridgehead atoms. The van der Waals surface area contributed by atoms with E-state index >= 15 is 0 Å². The van der Waals surface area contributed by atoms with Crippen molar-refractivity contribution in [2.45, 2.75) is 32.9 Å². The quantitative estimate of drug-likeness (QED) is 0.489. The molecule has 2 heterocycles. The Hall–Kier alpha value is -3.52. The molecule has 0 aliphatic rings. The second-order valence-corrected chi connectivity index (χ2v) is 6.88. The number of pyridine rings is 1. The fraction of sp³-hybridized carbons (Fsp3) is 0.304. The third kappa shape index (κ3) is 6.23. The molecule has 0 fully saturated rings. The smallest absolute Gasteiger partial charge is 0.319 e. The lowest BCUT2D eigenvalue weighted by Crippen LogP contribution is -2.45. The molecule has 0 unspecified atom stereocenters. The Kier molecular flexibility index (Phi) is 7.89. The molecule has 0 saturated heterocycles. The van der Waals surface area contributed by atoms with Gasteiger partial charge >= 0.3 is 5.97 Å². The van der Waals surface area contributed by atoms with Crippen LogP contribution in [0.25, 0.3) is 11.3 Å². The molecule has 8 heteroatoms. The second kappa shape index (κ2) is 11.0. The van der Waals surface area contributed by atoms with Gasteiger partial charge in [0, 0.05) is 30.6 Å². The molecular weight excluding hydrogens is 394 g/mol. The van der Waals surface area contributed by atoms with Crippen LogP contribution in [-0.2, 0) is 27.3 Å². The molecule has 31 heavy (non-hydrogen) atoms. The molecule has 0 aliphatic heterocycles. The van der Waals surface area contributed by atoms with Gasteiger partial charge in [-0.15, -0.1) is 0 Å². The summed E-state index contributed by atoms with van der Waals surface area (Å²) >= 11 is 0. The summed E-state index contributed by atoms with van der Waals surface area (Å²) in [7, 11) is 0. The molecule has 162 valence electrons. The van der Waals surface area contributed by atoms with Crippen molar-refractivity contribution in [1.29, 1.82) is 0 Å². The summed E-state index contributed by atoms with van der Waals surface area (Å²) in [6.07, 6.45) is 3.84. The van der Waals surface area contributed by atoms with Crippen LogP contribution in [0.15, 0.2) is 60.9 Å². The molecule has 2 N–H and O–H groups in total. The van der Waals surface area contributed by atoms with Crippen molar-refractivity contribution in [1.82, 2.24) is 20.1 Å². The first-order valence-electron chi connectivity index (χ1n) is 10.3. The number of carbonyl (C=O) groups is 2. The van der Waals surface area contributed by atoms with Gasteiger partial charge in [0.05, 0.1) is 24.9 Å². The maximum atomic E-state index is 13.1. The van der Waals surface area contributed by atoms with E-state index in [2.05, 4.69) is 20.7 Å². The van der Waals surface area contributed by atoms with E-state index in [1.165, 1.54) is 0 Å². The normalized spacial score (nSPS) is 11.7. The predicted octanol–water partition coefficient (Wildman–Crippen LogP) is 2.67. The average Bonchev–Trinajstić information content (AvgIpc) is 3.21. The molecule has 1 amide bonds. The minimum Gasteiger partial charge on any atom is -0.465 e. The Morgan fingerprint density at radius 2 is 1.84 bits per heavy atom. The Balaban J connectivity index is 1.77. The monoisotopic (exact) mass is 421 g/mol. The Morgan fingerprint density at radius 3 is 2.52 bits per heavy atom.